The third kappa shape index (κ3) is 15.3. The quantitative estimate of drug-likeness (QED) is 0.0468. The topological polar surface area (TPSA) is 228 Å². The van der Waals surface area contributed by atoms with E-state index in [4.69, 9.17) is 14.4 Å². The Hall–Kier alpha value is -3.06. The van der Waals surface area contributed by atoms with Crippen LogP contribution in [-0.4, -0.2) is 71.3 Å². The summed E-state index contributed by atoms with van der Waals surface area (Å²) in [6.45, 7) is 0. The summed E-state index contributed by atoms with van der Waals surface area (Å²) in [6.07, 6.45) is -0.605. The smallest absolute Gasteiger partial charge is 0.870 e. The Kier molecular flexibility index (Phi) is 28.2. The molecule has 4 aromatic carbocycles. The average Bonchev–Trinajstić information content (AvgIpc) is 3.35. The summed E-state index contributed by atoms with van der Waals surface area (Å²) in [5.74, 6) is -4.02. The Labute approximate surface area is 373 Å². The van der Waals surface area contributed by atoms with Crippen molar-refractivity contribution >= 4 is 35.9 Å². The van der Waals surface area contributed by atoms with Crippen molar-refractivity contribution in [2.24, 2.45) is 0 Å². The maximum Gasteiger partial charge on any atom is 1.00 e. The van der Waals surface area contributed by atoms with Crippen LogP contribution in [0.15, 0.2) is 109 Å². The molecule has 0 aromatic heterocycles. The number of hydroxylamine groups is 3. The first-order valence-corrected chi connectivity index (χ1v) is 14.2. The van der Waals surface area contributed by atoms with Crippen molar-refractivity contribution in [2.75, 3.05) is 7.11 Å². The van der Waals surface area contributed by atoms with Crippen molar-refractivity contribution in [3.8, 4) is 0 Å². The number of nitrogens with one attached hydrogen (secondary N) is 1. The van der Waals surface area contributed by atoms with Crippen LogP contribution in [0.25, 0.3) is 0 Å². The fourth-order valence-electron chi connectivity index (χ4n) is 4.46. The van der Waals surface area contributed by atoms with Crippen molar-refractivity contribution in [1.82, 2.24) is 10.5 Å². The molecule has 0 saturated heterocycles. The summed E-state index contributed by atoms with van der Waals surface area (Å²) in [5, 5.41) is 11.8. The van der Waals surface area contributed by atoms with Gasteiger partial charge in [0.1, 0.15) is 6.10 Å². The molecule has 0 bridgehead atoms. The van der Waals surface area contributed by atoms with E-state index in [2.05, 4.69) is 0 Å². The van der Waals surface area contributed by atoms with Crippen molar-refractivity contribution in [1.29, 1.82) is 0 Å². The van der Waals surface area contributed by atoms with Gasteiger partial charge in [-0.2, -0.15) is 6.07 Å². The minimum Gasteiger partial charge on any atom is -0.870 e. The number of carbonyl (C=O) groups excluding carboxylic acids is 6. The molecule has 0 radical (unpaired) electrons. The van der Waals surface area contributed by atoms with Gasteiger partial charge in [0.15, 0.2) is 6.10 Å². The van der Waals surface area contributed by atoms with Crippen LogP contribution in [0, 0.1) is 7.43 Å². The number of fused-ring (bicyclic) bond motifs is 1. The van der Waals surface area contributed by atoms with E-state index >= 15 is 0 Å². The number of carboxylic acids is 1. The molecule has 1 heterocycles. The number of hydrogen-bond donors (Lipinski definition) is 1. The molecule has 17 heteroatoms. The molecule has 0 spiro atoms. The summed E-state index contributed by atoms with van der Waals surface area (Å²) in [6, 6.07) is 30.3. The molecule has 3 N–H and O–H groups in total. The SMILES string of the molecule is COC(=O)[C@H](Cc1ccccc1)ON1C(=O)c2ccccc2C1=O.O=[C-]c1ccccc1C(=O)NO[C@@H](Cc1ccccc1)C(=O)[O-].[CH3-].[Na+].[Na+].[Na+].[OH-].[OH-]. The molecule has 1 aliphatic rings. The normalized spacial score (nSPS) is 11.5. The number of amides is 3. The van der Waals surface area contributed by atoms with Gasteiger partial charge in [-0.15, -0.1) is 22.8 Å². The van der Waals surface area contributed by atoms with E-state index in [-0.39, 0.29) is 142 Å². The zero-order valence-corrected chi connectivity index (χ0v) is 35.9. The number of aliphatic carboxylic acids is 1. The fraction of sp³-hybridized carbons (Fsp3) is 0.139. The molecule has 4 aromatic rings. The molecule has 53 heavy (non-hydrogen) atoms. The Balaban J connectivity index is -0.000000848. The summed E-state index contributed by atoms with van der Waals surface area (Å²) >= 11 is 0. The number of imide groups is 1. The van der Waals surface area contributed by atoms with Crippen molar-refractivity contribution in [3.63, 3.8) is 0 Å². The number of rotatable bonds is 12. The molecular weight excluding hydrogens is 721 g/mol. The molecule has 1 aliphatic heterocycles. The van der Waals surface area contributed by atoms with E-state index in [0.717, 1.165) is 11.1 Å². The Bertz CT molecular complexity index is 1730. The predicted octanol–water partition coefficient (Wildman–Crippen LogP) is -6.73. The van der Waals surface area contributed by atoms with Gasteiger partial charge in [-0.25, -0.2) is 15.1 Å². The summed E-state index contributed by atoms with van der Waals surface area (Å²) < 4.78 is 4.73. The van der Waals surface area contributed by atoms with Crippen LogP contribution in [0.1, 0.15) is 47.8 Å². The molecule has 0 unspecified atom stereocenters. The second-order valence-electron chi connectivity index (χ2n) is 9.95. The number of carbonyl (C=O) groups is 5. The zero-order chi connectivity index (χ0) is 33.8. The van der Waals surface area contributed by atoms with Gasteiger partial charge in [-0.05, 0) is 23.3 Å². The van der Waals surface area contributed by atoms with E-state index in [1.165, 1.54) is 19.2 Å². The summed E-state index contributed by atoms with van der Waals surface area (Å²) in [5.41, 5.74) is 4.19. The first kappa shape index (κ1) is 54.3. The molecule has 5 rings (SSSR count). The van der Waals surface area contributed by atoms with Gasteiger partial charge in [0.05, 0.1) is 30.5 Å². The Morgan fingerprint density at radius 2 is 1.15 bits per heavy atom. The molecule has 0 aliphatic carbocycles. The number of hydrogen-bond acceptors (Lipinski definition) is 12. The zero-order valence-electron chi connectivity index (χ0n) is 29.9. The number of esters is 1. The average molecular weight is 755 g/mol. The van der Waals surface area contributed by atoms with E-state index in [1.54, 1.807) is 73.0 Å². The molecule has 2 atom stereocenters. The van der Waals surface area contributed by atoms with Crippen LogP contribution in [0.2, 0.25) is 0 Å². The number of methoxy groups -OCH3 is 1. The third-order valence-electron chi connectivity index (χ3n) is 6.82. The second kappa shape index (κ2) is 27.5. The van der Waals surface area contributed by atoms with Gasteiger partial charge < -0.3 is 37.8 Å². The molecule has 3 amide bonds. The maximum absolute atomic E-state index is 12.3. The molecule has 264 valence electrons. The first-order valence-electron chi connectivity index (χ1n) is 14.2. The fourth-order valence-corrected chi connectivity index (χ4v) is 4.46. The second-order valence-corrected chi connectivity index (χ2v) is 9.95. The molecule has 0 fully saturated rings. The van der Waals surface area contributed by atoms with Crippen molar-refractivity contribution < 1.29 is 148 Å². The Morgan fingerprint density at radius 1 is 0.717 bits per heavy atom. The van der Waals surface area contributed by atoms with Crippen molar-refractivity contribution in [2.45, 2.75) is 25.0 Å². The van der Waals surface area contributed by atoms with Gasteiger partial charge in [-0.1, -0.05) is 84.4 Å². The van der Waals surface area contributed by atoms with Crippen LogP contribution in [-0.2, 0) is 41.6 Å². The van der Waals surface area contributed by atoms with Crippen molar-refractivity contribution in [3.05, 3.63) is 150 Å². The number of benzene rings is 4. The van der Waals surface area contributed by atoms with Crippen LogP contribution < -0.4 is 99.3 Å². The largest absolute Gasteiger partial charge is 1.00 e. The molecule has 0 saturated carbocycles. The minimum absolute atomic E-state index is 0. The number of carboxylic acid groups (broad SMARTS) is 1. The van der Waals surface area contributed by atoms with Crippen LogP contribution >= 0.6 is 0 Å². The van der Waals surface area contributed by atoms with Crippen LogP contribution in [0.4, 0.5) is 0 Å². The monoisotopic (exact) mass is 754 g/mol. The molecular formula is C36H33N2Na3O12-2. The number of ether oxygens (including phenoxy) is 1. The standard InChI is InChI=1S/C18H15NO5.C17H14NO5.CH3.3Na.2H2O/c1-23-18(22)15(11-12-7-3-2-4-8-12)24-19-16(20)13-9-5-6-10-14(13)17(19)21;19-11-13-8-4-5-9-14(13)16(20)18-23-15(17(21)22)10-12-6-2-1-3-7-12;;;;;;/h2-10,15H,11H2,1H3;1-9,15H,10H2,(H,18,20)(H,21,22);1H3;;;;2*1H2/q;2*-1;3*+1;;/p-3/t2*15-;;;;;;/m00....../s1. The van der Waals surface area contributed by atoms with Gasteiger partial charge in [-0.3, -0.25) is 19.2 Å². The van der Waals surface area contributed by atoms with E-state index < -0.39 is 41.9 Å². The third-order valence-corrected chi connectivity index (χ3v) is 6.82. The van der Waals surface area contributed by atoms with E-state index in [1.807, 2.05) is 35.8 Å². The van der Waals surface area contributed by atoms with Gasteiger partial charge in [0.2, 0.25) is 5.91 Å². The molecule has 14 nitrogen and oxygen atoms in total. The Morgan fingerprint density at radius 3 is 1.60 bits per heavy atom. The van der Waals surface area contributed by atoms with E-state index in [9.17, 15) is 33.9 Å². The summed E-state index contributed by atoms with van der Waals surface area (Å²) in [4.78, 5) is 80.9. The van der Waals surface area contributed by atoms with E-state index in [0.29, 0.717) is 5.06 Å². The maximum atomic E-state index is 12.3. The van der Waals surface area contributed by atoms with Gasteiger partial charge in [0.25, 0.3) is 11.8 Å². The van der Waals surface area contributed by atoms with Crippen LogP contribution in [0.3, 0.4) is 0 Å². The predicted molar refractivity (Wildman–Crippen MR) is 173 cm³/mol. The van der Waals surface area contributed by atoms with Gasteiger partial charge in [0, 0.05) is 12.8 Å². The number of nitrogens with zero attached hydrogens (tertiary/aromatic N) is 1. The first-order chi connectivity index (χ1) is 22.7. The van der Waals surface area contributed by atoms with Crippen LogP contribution in [0.5, 0.6) is 0 Å². The minimum atomic E-state index is -1.45. The van der Waals surface area contributed by atoms with Gasteiger partial charge >= 0.3 is 94.6 Å². The summed E-state index contributed by atoms with van der Waals surface area (Å²) in [7, 11) is 1.23.